The van der Waals surface area contributed by atoms with Crippen molar-refractivity contribution in [2.45, 2.75) is 44.1 Å². The van der Waals surface area contributed by atoms with Gasteiger partial charge in [-0.25, -0.2) is 4.79 Å². The first-order valence-corrected chi connectivity index (χ1v) is 8.16. The van der Waals surface area contributed by atoms with Gasteiger partial charge in [0.2, 0.25) is 0 Å². The van der Waals surface area contributed by atoms with Crippen LogP contribution in [-0.2, 0) is 11.2 Å². The number of carboxylic acid groups (broad SMARTS) is 1. The quantitative estimate of drug-likeness (QED) is 0.849. The topological polar surface area (TPSA) is 69.6 Å². The molecule has 0 atom stereocenters. The lowest BCUT2D eigenvalue weighted by Gasteiger charge is -2.31. The summed E-state index contributed by atoms with van der Waals surface area (Å²) < 4.78 is 0. The summed E-state index contributed by atoms with van der Waals surface area (Å²) in [4.78, 5) is 26.2. The minimum absolute atomic E-state index is 0.0114. The van der Waals surface area contributed by atoms with Crippen molar-refractivity contribution in [1.82, 2.24) is 10.2 Å². The maximum absolute atomic E-state index is 12.3. The van der Waals surface area contributed by atoms with Gasteiger partial charge in [0.15, 0.2) is 0 Å². The van der Waals surface area contributed by atoms with Crippen LogP contribution in [0.3, 0.4) is 0 Å². The molecule has 6 heteroatoms. The summed E-state index contributed by atoms with van der Waals surface area (Å²) >= 11 is 1.68. The van der Waals surface area contributed by atoms with Crippen LogP contribution in [0.4, 0.5) is 4.79 Å². The van der Waals surface area contributed by atoms with Gasteiger partial charge in [0.1, 0.15) is 0 Å². The molecule has 0 spiro atoms. The molecule has 116 valence electrons. The lowest BCUT2D eigenvalue weighted by atomic mass is 9.93. The maximum Gasteiger partial charge on any atom is 0.317 e. The Hall–Kier alpha value is -1.56. The number of amides is 2. The van der Waals surface area contributed by atoms with Gasteiger partial charge in [-0.2, -0.15) is 0 Å². The molecule has 0 aromatic carbocycles. The van der Waals surface area contributed by atoms with Gasteiger partial charge >= 0.3 is 12.0 Å². The SMILES string of the molecule is CN(CCc1cccs1)C(=O)NC1(CC(=O)O)CCCC1. The van der Waals surface area contributed by atoms with Gasteiger partial charge in [0.25, 0.3) is 0 Å². The van der Waals surface area contributed by atoms with Crippen LogP contribution in [-0.4, -0.2) is 41.1 Å². The lowest BCUT2D eigenvalue weighted by molar-refractivity contribution is -0.138. The Bertz CT molecular complexity index is 481. The number of rotatable bonds is 6. The number of nitrogens with one attached hydrogen (secondary N) is 1. The summed E-state index contributed by atoms with van der Waals surface area (Å²) in [6.45, 7) is 0.634. The predicted octanol–water partition coefficient (Wildman–Crippen LogP) is 2.72. The van der Waals surface area contributed by atoms with Gasteiger partial charge in [-0.05, 0) is 30.7 Å². The lowest BCUT2D eigenvalue weighted by Crippen LogP contribution is -2.52. The molecule has 2 amide bonds. The molecular weight excluding hydrogens is 288 g/mol. The first-order chi connectivity index (χ1) is 10.0. The second-order valence-corrected chi connectivity index (χ2v) is 6.77. The predicted molar refractivity (Wildman–Crippen MR) is 82.6 cm³/mol. The van der Waals surface area contributed by atoms with E-state index in [1.807, 2.05) is 11.4 Å². The van der Waals surface area contributed by atoms with Gasteiger partial charge in [-0.3, -0.25) is 4.79 Å². The molecule has 1 aromatic heterocycles. The van der Waals surface area contributed by atoms with E-state index in [-0.39, 0.29) is 12.5 Å². The van der Waals surface area contributed by atoms with Crippen LogP contribution < -0.4 is 5.32 Å². The molecule has 21 heavy (non-hydrogen) atoms. The number of hydrogen-bond acceptors (Lipinski definition) is 3. The van der Waals surface area contributed by atoms with E-state index in [1.165, 1.54) is 4.88 Å². The van der Waals surface area contributed by atoms with E-state index in [4.69, 9.17) is 5.11 Å². The number of carbonyl (C=O) groups excluding carboxylic acids is 1. The van der Waals surface area contributed by atoms with E-state index < -0.39 is 11.5 Å². The van der Waals surface area contributed by atoms with Crippen molar-refractivity contribution in [1.29, 1.82) is 0 Å². The zero-order valence-electron chi connectivity index (χ0n) is 12.3. The highest BCUT2D eigenvalue weighted by Gasteiger charge is 2.38. The fraction of sp³-hybridized carbons (Fsp3) is 0.600. The Labute approximate surface area is 129 Å². The highest BCUT2D eigenvalue weighted by molar-refractivity contribution is 7.09. The fourth-order valence-electron chi connectivity index (χ4n) is 2.84. The number of carboxylic acids is 1. The van der Waals surface area contributed by atoms with Gasteiger partial charge in [-0.1, -0.05) is 18.9 Å². The van der Waals surface area contributed by atoms with Crippen LogP contribution in [0.15, 0.2) is 17.5 Å². The Morgan fingerprint density at radius 1 is 1.43 bits per heavy atom. The minimum atomic E-state index is -0.849. The minimum Gasteiger partial charge on any atom is -0.481 e. The zero-order chi connectivity index (χ0) is 15.3. The summed E-state index contributed by atoms with van der Waals surface area (Å²) in [5.74, 6) is -0.849. The fourth-order valence-corrected chi connectivity index (χ4v) is 3.54. The smallest absolute Gasteiger partial charge is 0.317 e. The molecule has 0 aliphatic heterocycles. The first kappa shape index (κ1) is 15.8. The summed E-state index contributed by atoms with van der Waals surface area (Å²) in [5, 5.41) is 14.0. The Morgan fingerprint density at radius 3 is 2.71 bits per heavy atom. The number of nitrogens with zero attached hydrogens (tertiary/aromatic N) is 1. The van der Waals surface area contributed by atoms with E-state index in [2.05, 4.69) is 11.4 Å². The number of thiophene rings is 1. The molecule has 2 rings (SSSR count). The second-order valence-electron chi connectivity index (χ2n) is 5.74. The zero-order valence-corrected chi connectivity index (χ0v) is 13.1. The van der Waals surface area contributed by atoms with Crippen LogP contribution in [0.25, 0.3) is 0 Å². The summed E-state index contributed by atoms with van der Waals surface area (Å²) in [5.41, 5.74) is -0.555. The van der Waals surface area contributed by atoms with E-state index in [0.717, 1.165) is 32.1 Å². The number of urea groups is 1. The number of likely N-dealkylation sites (N-methyl/N-ethyl adjacent to an activating group) is 1. The van der Waals surface area contributed by atoms with Crippen molar-refractivity contribution in [2.24, 2.45) is 0 Å². The van der Waals surface area contributed by atoms with Crippen LogP contribution in [0, 0.1) is 0 Å². The van der Waals surface area contributed by atoms with E-state index in [0.29, 0.717) is 6.54 Å². The van der Waals surface area contributed by atoms with Crippen LogP contribution >= 0.6 is 11.3 Å². The Morgan fingerprint density at radius 2 is 2.14 bits per heavy atom. The molecule has 1 aliphatic carbocycles. The Balaban J connectivity index is 1.87. The second kappa shape index (κ2) is 6.93. The number of aliphatic carboxylic acids is 1. The molecule has 0 unspecified atom stereocenters. The highest BCUT2D eigenvalue weighted by Crippen LogP contribution is 2.32. The van der Waals surface area contributed by atoms with Crippen molar-refractivity contribution in [3.63, 3.8) is 0 Å². The third-order valence-corrected chi connectivity index (χ3v) is 4.98. The van der Waals surface area contributed by atoms with Crippen LogP contribution in [0.2, 0.25) is 0 Å². The number of carbonyl (C=O) groups is 2. The Kier molecular flexibility index (Phi) is 5.22. The molecule has 1 saturated carbocycles. The van der Waals surface area contributed by atoms with E-state index in [1.54, 1.807) is 23.3 Å². The maximum atomic E-state index is 12.3. The summed E-state index contributed by atoms with van der Waals surface area (Å²) in [6.07, 6.45) is 4.30. The monoisotopic (exact) mass is 310 g/mol. The summed E-state index contributed by atoms with van der Waals surface area (Å²) in [7, 11) is 1.76. The van der Waals surface area contributed by atoms with Crippen molar-refractivity contribution >= 4 is 23.3 Å². The molecule has 0 bridgehead atoms. The molecule has 0 saturated heterocycles. The van der Waals surface area contributed by atoms with Gasteiger partial charge in [0.05, 0.1) is 12.0 Å². The summed E-state index contributed by atoms with van der Waals surface area (Å²) in [6, 6.07) is 3.88. The van der Waals surface area contributed by atoms with Gasteiger partial charge in [0, 0.05) is 18.5 Å². The molecule has 0 radical (unpaired) electrons. The van der Waals surface area contributed by atoms with E-state index in [9.17, 15) is 9.59 Å². The standard InChI is InChI=1S/C15H22N2O3S/c1-17(9-6-12-5-4-10-21-12)14(20)16-15(11-13(18)19)7-2-3-8-15/h4-5,10H,2-3,6-9,11H2,1H3,(H,16,20)(H,18,19). The molecule has 5 nitrogen and oxygen atoms in total. The average Bonchev–Trinajstić information content (AvgIpc) is 3.07. The molecule has 2 N–H and O–H groups in total. The van der Waals surface area contributed by atoms with Crippen molar-refractivity contribution in [3.8, 4) is 0 Å². The first-order valence-electron chi connectivity index (χ1n) is 7.28. The normalized spacial score (nSPS) is 16.6. The molecule has 1 heterocycles. The van der Waals surface area contributed by atoms with Crippen LogP contribution in [0.1, 0.15) is 37.0 Å². The van der Waals surface area contributed by atoms with Crippen molar-refractivity contribution in [2.75, 3.05) is 13.6 Å². The largest absolute Gasteiger partial charge is 0.481 e. The molecule has 1 aliphatic rings. The van der Waals surface area contributed by atoms with E-state index >= 15 is 0 Å². The third-order valence-electron chi connectivity index (χ3n) is 4.04. The van der Waals surface area contributed by atoms with Crippen molar-refractivity contribution in [3.05, 3.63) is 22.4 Å². The molecule has 1 aromatic rings. The number of hydrogen-bond donors (Lipinski definition) is 2. The van der Waals surface area contributed by atoms with Gasteiger partial charge in [-0.15, -0.1) is 11.3 Å². The molecular formula is C15H22N2O3S. The van der Waals surface area contributed by atoms with Crippen LogP contribution in [0.5, 0.6) is 0 Å². The molecule has 1 fully saturated rings. The average molecular weight is 310 g/mol. The third kappa shape index (κ3) is 4.46. The highest BCUT2D eigenvalue weighted by atomic mass is 32.1. The van der Waals surface area contributed by atoms with Crippen molar-refractivity contribution < 1.29 is 14.7 Å². The van der Waals surface area contributed by atoms with Gasteiger partial charge < -0.3 is 15.3 Å².